The number of carbonyl (C=O) groups is 4. The summed E-state index contributed by atoms with van der Waals surface area (Å²) >= 11 is 0. The molecule has 0 spiro atoms. The van der Waals surface area contributed by atoms with Gasteiger partial charge in [0, 0.05) is 25.7 Å². The van der Waals surface area contributed by atoms with Crippen molar-refractivity contribution in [2.24, 2.45) is 23.7 Å². The van der Waals surface area contributed by atoms with Crippen molar-refractivity contribution >= 4 is 39.5 Å². The molecule has 3 N–H and O–H groups in total. The summed E-state index contributed by atoms with van der Waals surface area (Å²) in [7, 11) is -9.90. The second-order valence-electron chi connectivity index (χ2n) is 26.5. The molecule has 0 radical (unpaired) electrons. The SMILES string of the molecule is CC(C)CCCCCCCCCCCCCCCCCC(=O)O[C@H](COC(=O)CCCCCCCCC(C)C)COP(=O)(O)OCC(O)COP(=O)(O)OC[C@@H](COC(=O)CCCCCCCCCC(C)C)OC(=O)CCCCCCCCCC(C)C. The van der Waals surface area contributed by atoms with E-state index in [4.69, 9.17) is 37.0 Å². The van der Waals surface area contributed by atoms with Gasteiger partial charge in [-0.05, 0) is 49.4 Å². The average molecular weight is 1280 g/mol. The molecule has 3 unspecified atom stereocenters. The maximum atomic E-state index is 13.0. The lowest BCUT2D eigenvalue weighted by molar-refractivity contribution is -0.161. The molecule has 0 aliphatic carbocycles. The van der Waals surface area contributed by atoms with Crippen molar-refractivity contribution in [3.05, 3.63) is 0 Å². The van der Waals surface area contributed by atoms with Gasteiger partial charge in [0.2, 0.25) is 0 Å². The van der Waals surface area contributed by atoms with Crippen LogP contribution in [0.3, 0.4) is 0 Å². The van der Waals surface area contributed by atoms with Crippen LogP contribution in [0.1, 0.15) is 331 Å². The monoisotopic (exact) mass is 1280 g/mol. The number of phosphoric acid groups is 2. The Bertz CT molecular complexity index is 1730. The van der Waals surface area contributed by atoms with E-state index < -0.39 is 97.5 Å². The molecule has 17 nitrogen and oxygen atoms in total. The fourth-order valence-electron chi connectivity index (χ4n) is 10.1. The van der Waals surface area contributed by atoms with Crippen molar-refractivity contribution in [2.45, 2.75) is 350 Å². The number of aliphatic hydroxyl groups excluding tert-OH is 1. The molecule has 0 rings (SSSR count). The van der Waals surface area contributed by atoms with Crippen LogP contribution in [0.5, 0.6) is 0 Å². The van der Waals surface area contributed by atoms with Gasteiger partial charge in [-0.15, -0.1) is 0 Å². The zero-order chi connectivity index (χ0) is 64.7. The summed E-state index contributed by atoms with van der Waals surface area (Å²) in [6, 6.07) is 0. The van der Waals surface area contributed by atoms with Crippen molar-refractivity contribution in [1.29, 1.82) is 0 Å². The third-order valence-corrected chi connectivity index (χ3v) is 17.5. The van der Waals surface area contributed by atoms with Gasteiger partial charge in [0.15, 0.2) is 12.2 Å². The highest BCUT2D eigenvalue weighted by molar-refractivity contribution is 7.47. The van der Waals surface area contributed by atoms with Gasteiger partial charge in [0.05, 0.1) is 26.4 Å². The van der Waals surface area contributed by atoms with Gasteiger partial charge in [-0.1, -0.05) is 280 Å². The molecular weight excluding hydrogens is 1150 g/mol. The predicted molar refractivity (Wildman–Crippen MR) is 349 cm³/mol. The predicted octanol–water partition coefficient (Wildman–Crippen LogP) is 18.9. The number of phosphoric ester groups is 2. The maximum Gasteiger partial charge on any atom is 0.472 e. The first-order chi connectivity index (χ1) is 41.6. The molecule has 0 heterocycles. The molecular formula is C68H132O17P2. The van der Waals surface area contributed by atoms with E-state index in [9.17, 15) is 43.2 Å². The van der Waals surface area contributed by atoms with Gasteiger partial charge in [0.1, 0.15) is 19.3 Å². The molecule has 0 bridgehead atoms. The van der Waals surface area contributed by atoms with Crippen LogP contribution in [0.2, 0.25) is 0 Å². The molecule has 0 aromatic rings. The summed E-state index contributed by atoms with van der Waals surface area (Å²) in [6.45, 7) is 14.0. The first-order valence-electron chi connectivity index (χ1n) is 35.2. The van der Waals surface area contributed by atoms with E-state index in [-0.39, 0.29) is 25.7 Å². The average Bonchev–Trinajstić information content (AvgIpc) is 3.68. The zero-order valence-electron chi connectivity index (χ0n) is 56.6. The molecule has 0 aromatic carbocycles. The summed E-state index contributed by atoms with van der Waals surface area (Å²) in [5.41, 5.74) is 0. The normalized spacial score (nSPS) is 14.3. The lowest BCUT2D eigenvalue weighted by Gasteiger charge is -2.21. The Balaban J connectivity index is 5.19. The second-order valence-corrected chi connectivity index (χ2v) is 29.4. The number of hydrogen-bond acceptors (Lipinski definition) is 15. The third kappa shape index (κ3) is 62.6. The van der Waals surface area contributed by atoms with Crippen molar-refractivity contribution in [3.63, 3.8) is 0 Å². The Hall–Kier alpha value is -1.94. The number of hydrogen-bond donors (Lipinski definition) is 3. The van der Waals surface area contributed by atoms with Crippen LogP contribution < -0.4 is 0 Å². The quantitative estimate of drug-likeness (QED) is 0.0222. The second kappa shape index (κ2) is 57.9. The molecule has 0 amide bonds. The molecule has 516 valence electrons. The minimum Gasteiger partial charge on any atom is -0.462 e. The Labute approximate surface area is 530 Å². The fraction of sp³-hybridized carbons (Fsp3) is 0.941. The number of unbranched alkanes of at least 4 members (excludes halogenated alkanes) is 31. The van der Waals surface area contributed by atoms with E-state index in [1.54, 1.807) is 0 Å². The van der Waals surface area contributed by atoms with Gasteiger partial charge in [0.25, 0.3) is 0 Å². The number of carbonyl (C=O) groups excluding carboxylic acids is 4. The highest BCUT2D eigenvalue weighted by atomic mass is 31.2. The van der Waals surface area contributed by atoms with Gasteiger partial charge < -0.3 is 33.8 Å². The molecule has 0 aliphatic rings. The molecule has 0 saturated heterocycles. The molecule has 5 atom stereocenters. The largest absolute Gasteiger partial charge is 0.472 e. The minimum absolute atomic E-state index is 0.102. The molecule has 87 heavy (non-hydrogen) atoms. The summed E-state index contributed by atoms with van der Waals surface area (Å²) in [5, 5.41) is 10.6. The summed E-state index contributed by atoms with van der Waals surface area (Å²) in [6.07, 6.45) is 39.3. The van der Waals surface area contributed by atoms with E-state index in [0.717, 1.165) is 109 Å². The fourth-order valence-corrected chi connectivity index (χ4v) is 11.7. The standard InChI is InChI=1S/C68H132O17P2/c1-58(2)44-36-28-20-16-14-12-10-9-11-13-15-17-23-34-42-50-67(72)84-64(55-79-66(71)49-41-33-27-26-31-39-47-61(7)8)57-83-87(76,77)81-53-62(69)52-80-86(74,75)82-56-63(85-68(73)51-43-35-25-19-22-30-38-46-60(5)6)54-78-65(70)48-40-32-24-18-21-29-37-45-59(3)4/h58-64,69H,9-57H2,1-8H3,(H,74,75)(H,76,77)/t62?,63-,64-/m1/s1. The van der Waals surface area contributed by atoms with Crippen LogP contribution in [-0.4, -0.2) is 96.7 Å². The highest BCUT2D eigenvalue weighted by Gasteiger charge is 2.30. The first-order valence-corrected chi connectivity index (χ1v) is 38.2. The van der Waals surface area contributed by atoms with E-state index in [0.29, 0.717) is 43.4 Å². The Morgan fingerprint density at radius 1 is 0.287 bits per heavy atom. The van der Waals surface area contributed by atoms with Crippen LogP contribution >= 0.6 is 15.6 Å². The Morgan fingerprint density at radius 3 is 0.713 bits per heavy atom. The molecule has 0 aliphatic heterocycles. The number of esters is 4. The van der Waals surface area contributed by atoms with Crippen LogP contribution in [-0.2, 0) is 65.4 Å². The van der Waals surface area contributed by atoms with E-state index in [1.165, 1.54) is 122 Å². The lowest BCUT2D eigenvalue weighted by atomic mass is 10.0. The molecule has 19 heteroatoms. The summed E-state index contributed by atoms with van der Waals surface area (Å²) in [4.78, 5) is 72.3. The smallest absolute Gasteiger partial charge is 0.462 e. The van der Waals surface area contributed by atoms with Gasteiger partial charge >= 0.3 is 39.5 Å². The lowest BCUT2D eigenvalue weighted by Crippen LogP contribution is -2.30. The van der Waals surface area contributed by atoms with Crippen molar-refractivity contribution in [1.82, 2.24) is 0 Å². The summed E-state index contributed by atoms with van der Waals surface area (Å²) < 4.78 is 68.1. The molecule has 0 aromatic heterocycles. The van der Waals surface area contributed by atoms with Crippen molar-refractivity contribution in [2.75, 3.05) is 39.6 Å². The van der Waals surface area contributed by atoms with Crippen LogP contribution in [0, 0.1) is 23.7 Å². The number of aliphatic hydroxyl groups is 1. The number of rotatable bonds is 65. The highest BCUT2D eigenvalue weighted by Crippen LogP contribution is 2.45. The van der Waals surface area contributed by atoms with Crippen molar-refractivity contribution < 1.29 is 80.2 Å². The molecule has 0 saturated carbocycles. The van der Waals surface area contributed by atoms with Gasteiger partial charge in [-0.25, -0.2) is 9.13 Å². The van der Waals surface area contributed by atoms with Crippen LogP contribution in [0.25, 0.3) is 0 Å². The Kier molecular flexibility index (Phi) is 56.6. The van der Waals surface area contributed by atoms with Gasteiger partial charge in [-0.2, -0.15) is 0 Å². The maximum absolute atomic E-state index is 13.0. The van der Waals surface area contributed by atoms with E-state index in [1.807, 2.05) is 0 Å². The van der Waals surface area contributed by atoms with Crippen LogP contribution in [0.4, 0.5) is 0 Å². The topological polar surface area (TPSA) is 237 Å². The summed E-state index contributed by atoms with van der Waals surface area (Å²) in [5.74, 6) is 0.746. The third-order valence-electron chi connectivity index (χ3n) is 15.6. The van der Waals surface area contributed by atoms with E-state index in [2.05, 4.69) is 55.4 Å². The number of ether oxygens (including phenoxy) is 4. The first kappa shape index (κ1) is 85.1. The van der Waals surface area contributed by atoms with Gasteiger partial charge in [-0.3, -0.25) is 37.3 Å². The zero-order valence-corrected chi connectivity index (χ0v) is 58.4. The van der Waals surface area contributed by atoms with Crippen molar-refractivity contribution in [3.8, 4) is 0 Å². The van der Waals surface area contributed by atoms with E-state index >= 15 is 0 Å². The Morgan fingerprint density at radius 2 is 0.483 bits per heavy atom. The van der Waals surface area contributed by atoms with Crippen LogP contribution in [0.15, 0.2) is 0 Å². The minimum atomic E-state index is -4.95. The molecule has 0 fully saturated rings.